The molecular weight excluding hydrogens is 308 g/mol. The van der Waals surface area contributed by atoms with Crippen LogP contribution in [0.2, 0.25) is 0 Å². The number of rotatable bonds is 4. The summed E-state index contributed by atoms with van der Waals surface area (Å²) in [5.74, 6) is 0.738. The molecule has 1 aliphatic rings. The number of pyridine rings is 1. The smallest absolute Gasteiger partial charge is 0.106 e. The maximum Gasteiger partial charge on any atom is 0.106 e. The third-order valence-electron chi connectivity index (χ3n) is 3.17. The first kappa shape index (κ1) is 14.4. The quantitative estimate of drug-likeness (QED) is 0.639. The zero-order chi connectivity index (χ0) is 13.2. The summed E-state index contributed by atoms with van der Waals surface area (Å²) in [5.41, 5.74) is 1.16. The van der Waals surface area contributed by atoms with Gasteiger partial charge in [-0.05, 0) is 67.6 Å². The van der Waals surface area contributed by atoms with Gasteiger partial charge < -0.3 is 0 Å². The van der Waals surface area contributed by atoms with E-state index >= 15 is 0 Å². The average Bonchev–Trinajstić information content (AvgIpc) is 2.20. The van der Waals surface area contributed by atoms with E-state index in [0.29, 0.717) is 6.04 Å². The second-order valence-electron chi connectivity index (χ2n) is 5.89. The number of hydrogen-bond donors (Lipinski definition) is 1. The first-order valence-corrected chi connectivity index (χ1v) is 8.13. The summed E-state index contributed by atoms with van der Waals surface area (Å²) in [6, 6.07) is 6.56. The molecule has 100 valence electrons. The largest absolute Gasteiger partial charge is 0.254 e. The first-order chi connectivity index (χ1) is 8.46. The van der Waals surface area contributed by atoms with Gasteiger partial charge in [0.05, 0.1) is 11.7 Å². The van der Waals surface area contributed by atoms with Gasteiger partial charge in [0.25, 0.3) is 0 Å². The molecule has 1 fully saturated rings. The summed E-state index contributed by atoms with van der Waals surface area (Å²) < 4.78 is 4.79. The number of aromatic nitrogens is 1. The Hall–Kier alpha value is -0.0600. The van der Waals surface area contributed by atoms with Crippen molar-refractivity contribution >= 4 is 27.9 Å². The second kappa shape index (κ2) is 5.93. The van der Waals surface area contributed by atoms with Crippen molar-refractivity contribution in [3.05, 3.63) is 28.5 Å². The van der Waals surface area contributed by atoms with Gasteiger partial charge in [-0.3, -0.25) is 4.72 Å². The molecule has 0 aliphatic heterocycles. The van der Waals surface area contributed by atoms with Gasteiger partial charge >= 0.3 is 0 Å². The minimum absolute atomic E-state index is 0.230. The Morgan fingerprint density at radius 2 is 2.11 bits per heavy atom. The van der Waals surface area contributed by atoms with Crippen LogP contribution in [0.25, 0.3) is 0 Å². The Balaban J connectivity index is 2.09. The SMILES string of the molecule is CC(C)(C)SNC(c1cccc(Br)n1)C1CCC1. The van der Waals surface area contributed by atoms with E-state index in [0.717, 1.165) is 16.2 Å². The fourth-order valence-electron chi connectivity index (χ4n) is 2.01. The standard InChI is InChI=1S/C14H21BrN2S/c1-14(2,3)18-17-13(10-6-4-7-10)11-8-5-9-12(15)16-11/h5,8-10,13,17H,4,6-7H2,1-3H3. The van der Waals surface area contributed by atoms with E-state index in [1.165, 1.54) is 19.3 Å². The van der Waals surface area contributed by atoms with Gasteiger partial charge in [0, 0.05) is 4.75 Å². The van der Waals surface area contributed by atoms with Gasteiger partial charge in [-0.15, -0.1) is 0 Å². The highest BCUT2D eigenvalue weighted by atomic mass is 79.9. The van der Waals surface area contributed by atoms with E-state index in [-0.39, 0.29) is 4.75 Å². The molecule has 1 atom stereocenters. The van der Waals surface area contributed by atoms with Crippen molar-refractivity contribution in [1.82, 2.24) is 9.71 Å². The van der Waals surface area contributed by atoms with Crippen molar-refractivity contribution in [3.63, 3.8) is 0 Å². The summed E-state index contributed by atoms with van der Waals surface area (Å²) in [4.78, 5) is 4.62. The summed E-state index contributed by atoms with van der Waals surface area (Å²) in [6.07, 6.45) is 3.99. The maximum atomic E-state index is 4.62. The Morgan fingerprint density at radius 1 is 1.39 bits per heavy atom. The highest BCUT2D eigenvalue weighted by Crippen LogP contribution is 2.39. The van der Waals surface area contributed by atoms with E-state index in [1.807, 2.05) is 18.0 Å². The Kier molecular flexibility index (Phi) is 4.73. The third kappa shape index (κ3) is 3.97. The molecule has 4 heteroatoms. The minimum atomic E-state index is 0.230. The molecule has 1 aliphatic carbocycles. The monoisotopic (exact) mass is 328 g/mol. The fraction of sp³-hybridized carbons (Fsp3) is 0.643. The predicted octanol–water partition coefficient (Wildman–Crippen LogP) is 4.72. The second-order valence-corrected chi connectivity index (χ2v) is 8.36. The van der Waals surface area contributed by atoms with Crippen molar-refractivity contribution in [1.29, 1.82) is 0 Å². The molecule has 1 aromatic rings. The first-order valence-electron chi connectivity index (χ1n) is 6.52. The summed E-state index contributed by atoms with van der Waals surface area (Å²) in [6.45, 7) is 6.70. The van der Waals surface area contributed by atoms with Gasteiger partial charge in [-0.25, -0.2) is 4.98 Å². The number of hydrogen-bond acceptors (Lipinski definition) is 3. The summed E-state index contributed by atoms with van der Waals surface area (Å²) >= 11 is 5.28. The Morgan fingerprint density at radius 3 is 2.61 bits per heavy atom. The Bertz CT molecular complexity index is 399. The number of halogens is 1. The zero-order valence-corrected chi connectivity index (χ0v) is 13.6. The van der Waals surface area contributed by atoms with Crippen LogP contribution in [-0.2, 0) is 0 Å². The third-order valence-corrected chi connectivity index (χ3v) is 4.59. The highest BCUT2D eigenvalue weighted by Gasteiger charge is 2.30. The highest BCUT2D eigenvalue weighted by molar-refractivity contribution is 9.10. The van der Waals surface area contributed by atoms with E-state index in [9.17, 15) is 0 Å². The van der Waals surface area contributed by atoms with Crippen molar-refractivity contribution in [2.75, 3.05) is 0 Å². The molecule has 0 aromatic carbocycles. The van der Waals surface area contributed by atoms with Crippen molar-refractivity contribution in [3.8, 4) is 0 Å². The van der Waals surface area contributed by atoms with E-state index in [4.69, 9.17) is 0 Å². The van der Waals surface area contributed by atoms with Gasteiger partial charge in [-0.2, -0.15) is 0 Å². The number of nitrogens with one attached hydrogen (secondary N) is 1. The van der Waals surface area contributed by atoms with Crippen LogP contribution in [0.5, 0.6) is 0 Å². The lowest BCUT2D eigenvalue weighted by Gasteiger charge is -2.35. The molecule has 1 saturated carbocycles. The molecule has 2 nitrogen and oxygen atoms in total. The van der Waals surface area contributed by atoms with Crippen molar-refractivity contribution in [2.24, 2.45) is 5.92 Å². The molecule has 0 spiro atoms. The lowest BCUT2D eigenvalue weighted by atomic mass is 9.79. The molecule has 1 unspecified atom stereocenters. The van der Waals surface area contributed by atoms with Crippen LogP contribution < -0.4 is 4.72 Å². The molecule has 1 aromatic heterocycles. The van der Waals surface area contributed by atoms with Crippen LogP contribution in [-0.4, -0.2) is 9.73 Å². The molecule has 18 heavy (non-hydrogen) atoms. The fourth-order valence-corrected chi connectivity index (χ4v) is 3.16. The minimum Gasteiger partial charge on any atom is -0.254 e. The van der Waals surface area contributed by atoms with Gasteiger partial charge in [0.2, 0.25) is 0 Å². The predicted molar refractivity (Wildman–Crippen MR) is 82.5 cm³/mol. The molecule has 1 heterocycles. The van der Waals surface area contributed by atoms with Crippen LogP contribution in [0.4, 0.5) is 0 Å². The van der Waals surface area contributed by atoms with Gasteiger partial charge in [-0.1, -0.05) is 24.4 Å². The summed E-state index contributed by atoms with van der Waals surface area (Å²) in [5, 5.41) is 0. The van der Waals surface area contributed by atoms with Gasteiger partial charge in [0.1, 0.15) is 4.60 Å². The van der Waals surface area contributed by atoms with E-state index in [2.05, 4.69) is 58.5 Å². The summed E-state index contributed by atoms with van der Waals surface area (Å²) in [7, 11) is 0. The van der Waals surface area contributed by atoms with Crippen LogP contribution in [0.3, 0.4) is 0 Å². The van der Waals surface area contributed by atoms with Crippen LogP contribution in [0.1, 0.15) is 51.8 Å². The molecule has 0 radical (unpaired) electrons. The van der Waals surface area contributed by atoms with Crippen LogP contribution in [0.15, 0.2) is 22.8 Å². The van der Waals surface area contributed by atoms with E-state index in [1.54, 1.807) is 0 Å². The van der Waals surface area contributed by atoms with Gasteiger partial charge in [0.15, 0.2) is 0 Å². The average molecular weight is 329 g/mol. The molecule has 1 N–H and O–H groups in total. The number of nitrogens with zero attached hydrogens (tertiary/aromatic N) is 1. The lowest BCUT2D eigenvalue weighted by molar-refractivity contribution is 0.250. The molecule has 0 saturated heterocycles. The van der Waals surface area contributed by atoms with Crippen LogP contribution >= 0.6 is 27.9 Å². The molecule has 0 bridgehead atoms. The van der Waals surface area contributed by atoms with Crippen molar-refractivity contribution in [2.45, 2.75) is 50.8 Å². The molecule has 0 amide bonds. The lowest BCUT2D eigenvalue weighted by Crippen LogP contribution is -2.31. The van der Waals surface area contributed by atoms with Crippen LogP contribution in [0, 0.1) is 5.92 Å². The van der Waals surface area contributed by atoms with E-state index < -0.39 is 0 Å². The zero-order valence-electron chi connectivity index (χ0n) is 11.2. The maximum absolute atomic E-state index is 4.62. The Labute approximate surface area is 123 Å². The molecule has 2 rings (SSSR count). The van der Waals surface area contributed by atoms with Crippen molar-refractivity contribution < 1.29 is 0 Å². The topological polar surface area (TPSA) is 24.9 Å². The molecular formula is C14H21BrN2S. The normalized spacial score (nSPS) is 18.4.